The topological polar surface area (TPSA) is 73.2 Å². The second kappa shape index (κ2) is 8.27. The van der Waals surface area contributed by atoms with Gasteiger partial charge in [0, 0.05) is 5.69 Å². The van der Waals surface area contributed by atoms with Crippen molar-refractivity contribution in [3.05, 3.63) is 76.6 Å². The largest absolute Gasteiger partial charge is 0.449 e. The van der Waals surface area contributed by atoms with Gasteiger partial charge in [0.2, 0.25) is 0 Å². The van der Waals surface area contributed by atoms with Gasteiger partial charge in [0.05, 0.1) is 11.4 Å². The Kier molecular flexibility index (Phi) is 5.80. The molecule has 0 unspecified atom stereocenters. The Balaban J connectivity index is 1.74. The summed E-state index contributed by atoms with van der Waals surface area (Å²) in [5, 5.41) is 7.18. The monoisotopic (exact) mass is 397 g/mol. The van der Waals surface area contributed by atoms with Crippen LogP contribution in [0.25, 0.3) is 5.69 Å². The summed E-state index contributed by atoms with van der Waals surface area (Å²) in [6.07, 6.45) is -0.997. The number of aromatic nitrogens is 2. The molecule has 0 saturated carbocycles. The summed E-state index contributed by atoms with van der Waals surface area (Å²) in [5.74, 6) is -1.13. The van der Waals surface area contributed by atoms with Crippen LogP contribution in [0, 0.1) is 13.8 Å². The molecular weight excluding hydrogens is 378 g/mol. The zero-order valence-electron chi connectivity index (χ0n) is 15.8. The molecule has 7 heteroatoms. The van der Waals surface area contributed by atoms with E-state index in [2.05, 4.69) is 10.4 Å². The predicted molar refractivity (Wildman–Crippen MR) is 108 cm³/mol. The lowest BCUT2D eigenvalue weighted by atomic mass is 10.2. The fourth-order valence-corrected chi connectivity index (χ4v) is 3.06. The molecule has 0 radical (unpaired) electrons. The Bertz CT molecular complexity index is 1010. The minimum Gasteiger partial charge on any atom is -0.449 e. The van der Waals surface area contributed by atoms with Crippen LogP contribution in [0.1, 0.15) is 28.5 Å². The van der Waals surface area contributed by atoms with Crippen molar-refractivity contribution in [2.24, 2.45) is 0 Å². The highest BCUT2D eigenvalue weighted by Crippen LogP contribution is 2.24. The summed E-state index contributed by atoms with van der Waals surface area (Å²) in [4.78, 5) is 25.0. The molecule has 0 aliphatic rings. The molecule has 144 valence electrons. The molecule has 0 aliphatic heterocycles. The number of benzene rings is 2. The summed E-state index contributed by atoms with van der Waals surface area (Å²) in [6.45, 7) is 5.10. The van der Waals surface area contributed by atoms with Gasteiger partial charge in [0.25, 0.3) is 5.91 Å². The van der Waals surface area contributed by atoms with Crippen LogP contribution in [0.5, 0.6) is 0 Å². The zero-order valence-corrected chi connectivity index (χ0v) is 16.5. The highest BCUT2D eigenvalue weighted by atomic mass is 35.5. The molecule has 0 saturated heterocycles. The molecule has 1 aromatic heterocycles. The van der Waals surface area contributed by atoms with Crippen LogP contribution in [-0.2, 0) is 9.53 Å². The number of rotatable bonds is 5. The highest BCUT2D eigenvalue weighted by Gasteiger charge is 2.26. The molecule has 2 aromatic carbocycles. The van der Waals surface area contributed by atoms with Crippen LogP contribution in [0.4, 0.5) is 5.69 Å². The van der Waals surface area contributed by atoms with Gasteiger partial charge in [-0.25, -0.2) is 9.48 Å². The first-order valence-corrected chi connectivity index (χ1v) is 9.13. The Morgan fingerprint density at radius 3 is 2.50 bits per heavy atom. The van der Waals surface area contributed by atoms with Crippen molar-refractivity contribution in [3.63, 3.8) is 0 Å². The number of esters is 1. The molecule has 0 fully saturated rings. The number of nitrogens with one attached hydrogen (secondary N) is 1. The van der Waals surface area contributed by atoms with Crippen molar-refractivity contribution >= 4 is 29.2 Å². The van der Waals surface area contributed by atoms with E-state index in [9.17, 15) is 9.59 Å². The number of carbonyl (C=O) groups excluding carboxylic acids is 2. The van der Waals surface area contributed by atoms with E-state index in [0.29, 0.717) is 11.4 Å². The van der Waals surface area contributed by atoms with E-state index in [1.165, 1.54) is 11.6 Å². The van der Waals surface area contributed by atoms with Gasteiger partial charge in [-0.15, -0.1) is 0 Å². The maximum absolute atomic E-state index is 12.6. The van der Waals surface area contributed by atoms with Crippen molar-refractivity contribution in [1.29, 1.82) is 0 Å². The fourth-order valence-electron chi connectivity index (χ4n) is 2.71. The van der Waals surface area contributed by atoms with Gasteiger partial charge in [0.15, 0.2) is 6.10 Å². The Morgan fingerprint density at radius 1 is 1.11 bits per heavy atom. The second-order valence-corrected chi connectivity index (χ2v) is 6.76. The maximum atomic E-state index is 12.6. The third-order valence-corrected chi connectivity index (χ3v) is 4.50. The number of amides is 1. The number of hydrogen-bond acceptors (Lipinski definition) is 4. The summed E-state index contributed by atoms with van der Waals surface area (Å²) in [5.41, 5.74) is 2.93. The van der Waals surface area contributed by atoms with Gasteiger partial charge < -0.3 is 10.1 Å². The highest BCUT2D eigenvalue weighted by molar-refractivity contribution is 6.33. The minimum absolute atomic E-state index is 0.139. The Labute approximate surface area is 168 Å². The van der Waals surface area contributed by atoms with Gasteiger partial charge in [-0.1, -0.05) is 41.9 Å². The van der Waals surface area contributed by atoms with Gasteiger partial charge in [-0.2, -0.15) is 5.10 Å². The van der Waals surface area contributed by atoms with Gasteiger partial charge >= 0.3 is 5.97 Å². The SMILES string of the molecule is Cc1cccc(NC(=O)[C@H](C)OC(=O)c2c(C)nn(-c3ccccc3)c2Cl)c1. The fraction of sp³-hybridized carbons (Fsp3) is 0.190. The lowest BCUT2D eigenvalue weighted by Gasteiger charge is -2.14. The third kappa shape index (κ3) is 4.23. The molecule has 3 rings (SSSR count). The molecular formula is C21H20ClN3O3. The van der Waals surface area contributed by atoms with Crippen LogP contribution in [0.2, 0.25) is 5.15 Å². The van der Waals surface area contributed by atoms with Crippen LogP contribution in [-0.4, -0.2) is 27.8 Å². The smallest absolute Gasteiger partial charge is 0.344 e. The van der Waals surface area contributed by atoms with Gasteiger partial charge in [-0.3, -0.25) is 4.79 Å². The van der Waals surface area contributed by atoms with E-state index in [-0.39, 0.29) is 10.7 Å². The normalized spacial score (nSPS) is 11.7. The number of hydrogen-bond donors (Lipinski definition) is 1. The molecule has 1 amide bonds. The van der Waals surface area contributed by atoms with E-state index in [0.717, 1.165) is 11.3 Å². The molecule has 0 spiro atoms. The summed E-state index contributed by atoms with van der Waals surface area (Å²) in [6, 6.07) is 16.6. The van der Waals surface area contributed by atoms with E-state index in [1.54, 1.807) is 13.0 Å². The number of para-hydroxylation sites is 1. The first-order chi connectivity index (χ1) is 13.4. The molecule has 3 aromatic rings. The quantitative estimate of drug-likeness (QED) is 0.650. The second-order valence-electron chi connectivity index (χ2n) is 6.40. The lowest BCUT2D eigenvalue weighted by molar-refractivity contribution is -0.123. The maximum Gasteiger partial charge on any atom is 0.344 e. The number of halogens is 1. The molecule has 1 heterocycles. The van der Waals surface area contributed by atoms with Gasteiger partial charge in [0.1, 0.15) is 10.7 Å². The minimum atomic E-state index is -0.997. The predicted octanol–water partition coefficient (Wildman–Crippen LogP) is 4.33. The van der Waals surface area contributed by atoms with E-state index in [4.69, 9.17) is 16.3 Å². The molecule has 0 aliphatic carbocycles. The van der Waals surface area contributed by atoms with Crippen LogP contribution < -0.4 is 5.32 Å². The molecule has 1 atom stereocenters. The summed E-state index contributed by atoms with van der Waals surface area (Å²) in [7, 11) is 0. The van der Waals surface area contributed by atoms with Crippen LogP contribution >= 0.6 is 11.6 Å². The average Bonchev–Trinajstić information content (AvgIpc) is 2.96. The van der Waals surface area contributed by atoms with Crippen molar-refractivity contribution in [3.8, 4) is 5.69 Å². The Morgan fingerprint density at radius 2 is 1.82 bits per heavy atom. The van der Waals surface area contributed by atoms with Crippen LogP contribution in [0.15, 0.2) is 54.6 Å². The molecule has 6 nitrogen and oxygen atoms in total. The number of carbonyl (C=O) groups is 2. The number of aryl methyl sites for hydroxylation is 2. The van der Waals surface area contributed by atoms with E-state index < -0.39 is 18.0 Å². The standard InChI is InChI=1S/C21H20ClN3O3/c1-13-8-7-9-16(12-13)23-20(26)15(3)28-21(27)18-14(2)24-25(19(18)22)17-10-5-4-6-11-17/h4-12,15H,1-3H3,(H,23,26)/t15-/m0/s1. The zero-order chi connectivity index (χ0) is 20.3. The molecule has 0 bridgehead atoms. The average molecular weight is 398 g/mol. The van der Waals surface area contributed by atoms with Crippen molar-refractivity contribution in [1.82, 2.24) is 9.78 Å². The van der Waals surface area contributed by atoms with Crippen LogP contribution in [0.3, 0.4) is 0 Å². The van der Waals surface area contributed by atoms with Crippen molar-refractivity contribution in [2.75, 3.05) is 5.32 Å². The number of ether oxygens (including phenoxy) is 1. The number of nitrogens with zero attached hydrogens (tertiary/aromatic N) is 2. The molecule has 28 heavy (non-hydrogen) atoms. The molecule has 1 N–H and O–H groups in total. The summed E-state index contributed by atoms with van der Waals surface area (Å²) >= 11 is 6.37. The first kappa shape index (κ1) is 19.6. The third-order valence-electron chi connectivity index (χ3n) is 4.15. The lowest BCUT2D eigenvalue weighted by Crippen LogP contribution is -2.30. The van der Waals surface area contributed by atoms with Crippen molar-refractivity contribution in [2.45, 2.75) is 26.9 Å². The Hall–Kier alpha value is -3.12. The van der Waals surface area contributed by atoms with E-state index >= 15 is 0 Å². The first-order valence-electron chi connectivity index (χ1n) is 8.76. The van der Waals surface area contributed by atoms with Crippen molar-refractivity contribution < 1.29 is 14.3 Å². The number of anilines is 1. The summed E-state index contributed by atoms with van der Waals surface area (Å²) < 4.78 is 6.79. The van der Waals surface area contributed by atoms with E-state index in [1.807, 2.05) is 55.5 Å². The van der Waals surface area contributed by atoms with Gasteiger partial charge in [-0.05, 0) is 50.6 Å².